The van der Waals surface area contributed by atoms with Gasteiger partial charge in [-0.25, -0.2) is 0 Å². The fourth-order valence-corrected chi connectivity index (χ4v) is 1.98. The van der Waals surface area contributed by atoms with Gasteiger partial charge in [-0.05, 0) is 12.0 Å². The van der Waals surface area contributed by atoms with E-state index in [-0.39, 0.29) is 11.5 Å². The van der Waals surface area contributed by atoms with Crippen LogP contribution in [0.15, 0.2) is 43.0 Å². The summed E-state index contributed by atoms with van der Waals surface area (Å²) in [5.41, 5.74) is 1.17. The van der Waals surface area contributed by atoms with Crippen LogP contribution in [-0.2, 0) is 14.0 Å². The van der Waals surface area contributed by atoms with Gasteiger partial charge in [0, 0.05) is 18.6 Å². The normalized spacial score (nSPS) is 20.0. The first kappa shape index (κ1) is 14.3. The van der Waals surface area contributed by atoms with Crippen LogP contribution in [0.4, 0.5) is 0 Å². The lowest BCUT2D eigenvalue weighted by Gasteiger charge is -2.33. The second-order valence-corrected chi connectivity index (χ2v) is 5.63. The second-order valence-electron chi connectivity index (χ2n) is 5.63. The van der Waals surface area contributed by atoms with Gasteiger partial charge < -0.3 is 14.0 Å². The van der Waals surface area contributed by atoms with Gasteiger partial charge >= 0.3 is 7.32 Å². The minimum Gasteiger partial charge on any atom is -0.385 e. The van der Waals surface area contributed by atoms with Crippen LogP contribution in [-0.4, -0.2) is 20.5 Å². The van der Waals surface area contributed by atoms with Crippen LogP contribution in [0, 0.1) is 5.41 Å². The minimum atomic E-state index is -0.585. The molecule has 0 amide bonds. The molecule has 19 heavy (non-hydrogen) atoms. The average molecular weight is 260 g/mol. The lowest BCUT2D eigenvalue weighted by atomic mass is 9.92. The van der Waals surface area contributed by atoms with Crippen LogP contribution in [0.5, 0.6) is 0 Å². The number of hydrogen-bond donors (Lipinski definition) is 0. The Bertz CT molecular complexity index is 395. The molecule has 0 aromatic heterocycles. The van der Waals surface area contributed by atoms with E-state index < -0.39 is 7.32 Å². The van der Waals surface area contributed by atoms with Crippen LogP contribution >= 0.6 is 0 Å². The largest absolute Gasteiger partial charge is 0.639 e. The minimum absolute atomic E-state index is 0.0561. The Labute approximate surface area is 115 Å². The molecule has 0 radical (unpaired) electrons. The van der Waals surface area contributed by atoms with Gasteiger partial charge in [0.1, 0.15) is 0 Å². The van der Waals surface area contributed by atoms with Crippen molar-refractivity contribution in [3.8, 4) is 0 Å². The molecule has 1 aromatic carbocycles. The lowest BCUT2D eigenvalue weighted by molar-refractivity contribution is -0.0330. The highest BCUT2D eigenvalue weighted by atomic mass is 16.7. The summed E-state index contributed by atoms with van der Waals surface area (Å²) in [6, 6.07) is 10.1. The molecule has 1 aromatic rings. The topological polar surface area (TPSA) is 27.7 Å². The first-order valence-corrected chi connectivity index (χ1v) is 6.65. The third-order valence-corrected chi connectivity index (χ3v) is 3.05. The zero-order chi connectivity index (χ0) is 13.7. The molecule has 1 heterocycles. The first-order valence-electron chi connectivity index (χ1n) is 6.65. The lowest BCUT2D eigenvalue weighted by Crippen LogP contribution is -2.42. The fourth-order valence-electron chi connectivity index (χ4n) is 1.98. The molecule has 1 aliphatic heterocycles. The molecule has 0 spiro atoms. The van der Waals surface area contributed by atoms with Crippen molar-refractivity contribution >= 4 is 7.32 Å². The highest BCUT2D eigenvalue weighted by molar-refractivity contribution is 6.36. The maximum Gasteiger partial charge on any atom is 0.639 e. The summed E-state index contributed by atoms with van der Waals surface area (Å²) >= 11 is 0. The van der Waals surface area contributed by atoms with E-state index in [0.29, 0.717) is 13.2 Å². The predicted octanol–water partition coefficient (Wildman–Crippen LogP) is 3.38. The molecule has 1 saturated heterocycles. The van der Waals surface area contributed by atoms with Crippen LogP contribution in [0.1, 0.15) is 31.9 Å². The van der Waals surface area contributed by atoms with E-state index in [1.54, 1.807) is 0 Å². The van der Waals surface area contributed by atoms with Gasteiger partial charge in [-0.3, -0.25) is 0 Å². The summed E-state index contributed by atoms with van der Waals surface area (Å²) in [5.74, 6) is 0. The quantitative estimate of drug-likeness (QED) is 0.600. The van der Waals surface area contributed by atoms with Crippen molar-refractivity contribution in [1.82, 2.24) is 0 Å². The summed E-state index contributed by atoms with van der Waals surface area (Å²) in [6.45, 7) is 9.30. The highest BCUT2D eigenvalue weighted by Crippen LogP contribution is 2.27. The van der Waals surface area contributed by atoms with E-state index >= 15 is 0 Å². The van der Waals surface area contributed by atoms with Crippen LogP contribution in [0.3, 0.4) is 0 Å². The van der Waals surface area contributed by atoms with Crippen LogP contribution in [0.2, 0.25) is 0 Å². The number of hydrogen-bond acceptors (Lipinski definition) is 3. The molecular weight excluding hydrogens is 239 g/mol. The zero-order valence-corrected chi connectivity index (χ0v) is 11.7. The Morgan fingerprint density at radius 3 is 2.53 bits per heavy atom. The Morgan fingerprint density at radius 2 is 1.95 bits per heavy atom. The van der Waals surface area contributed by atoms with E-state index in [1.165, 1.54) is 0 Å². The molecule has 0 N–H and O–H groups in total. The third-order valence-electron chi connectivity index (χ3n) is 3.05. The van der Waals surface area contributed by atoms with Gasteiger partial charge in [0.2, 0.25) is 0 Å². The molecule has 1 atom stereocenters. The van der Waals surface area contributed by atoms with Gasteiger partial charge in [0.25, 0.3) is 0 Å². The van der Waals surface area contributed by atoms with Crippen molar-refractivity contribution in [2.75, 3.05) is 13.2 Å². The summed E-state index contributed by atoms with van der Waals surface area (Å²) in [5, 5.41) is 0. The van der Waals surface area contributed by atoms with Crippen LogP contribution in [0.25, 0.3) is 0 Å². The molecule has 4 heteroatoms. The number of rotatable bonds is 5. The van der Waals surface area contributed by atoms with E-state index in [4.69, 9.17) is 14.0 Å². The molecule has 0 bridgehead atoms. The van der Waals surface area contributed by atoms with Crippen LogP contribution < -0.4 is 0 Å². The average Bonchev–Trinajstić information content (AvgIpc) is 2.41. The Balaban J connectivity index is 1.96. The number of benzene rings is 1. The molecule has 0 saturated carbocycles. The van der Waals surface area contributed by atoms with Crippen molar-refractivity contribution in [2.24, 2.45) is 5.41 Å². The zero-order valence-electron chi connectivity index (χ0n) is 11.7. The Hall–Kier alpha value is -1.10. The smallest absolute Gasteiger partial charge is 0.385 e. The molecule has 1 fully saturated rings. The Morgan fingerprint density at radius 1 is 1.32 bits per heavy atom. The monoisotopic (exact) mass is 260 g/mol. The van der Waals surface area contributed by atoms with E-state index in [9.17, 15) is 0 Å². The van der Waals surface area contributed by atoms with Gasteiger partial charge in [-0.1, -0.05) is 50.3 Å². The third kappa shape index (κ3) is 4.20. The van der Waals surface area contributed by atoms with Crippen molar-refractivity contribution < 1.29 is 14.0 Å². The first-order chi connectivity index (χ1) is 9.11. The molecule has 2 rings (SSSR count). The fraction of sp³-hybridized carbons (Fsp3) is 0.467. The summed E-state index contributed by atoms with van der Waals surface area (Å²) in [6.07, 6.45) is 2.51. The van der Waals surface area contributed by atoms with E-state index in [1.807, 2.05) is 36.4 Å². The summed E-state index contributed by atoms with van der Waals surface area (Å²) in [7, 11) is -0.585. The highest BCUT2D eigenvalue weighted by Gasteiger charge is 2.36. The summed E-state index contributed by atoms with van der Waals surface area (Å²) in [4.78, 5) is 0. The SMILES string of the molecule is C=CCC(OB1OCC(C)(C)CO1)c1ccccc1. The molecule has 3 nitrogen and oxygen atoms in total. The standard InChI is InChI=1S/C15H21BO3/c1-4-8-14(13-9-6-5-7-10-13)19-16-17-11-15(2,3)12-18-16/h4-7,9-10,14H,1,8,11-12H2,2-3H3. The van der Waals surface area contributed by atoms with Gasteiger partial charge in [-0.15, -0.1) is 6.58 Å². The van der Waals surface area contributed by atoms with Gasteiger partial charge in [-0.2, -0.15) is 0 Å². The maximum absolute atomic E-state index is 5.90. The van der Waals surface area contributed by atoms with Crippen molar-refractivity contribution in [2.45, 2.75) is 26.4 Å². The van der Waals surface area contributed by atoms with Crippen molar-refractivity contribution in [3.63, 3.8) is 0 Å². The molecule has 0 aliphatic carbocycles. The van der Waals surface area contributed by atoms with Gasteiger partial charge in [0.05, 0.1) is 6.10 Å². The second kappa shape index (κ2) is 6.37. The molecular formula is C15H21BO3. The van der Waals surface area contributed by atoms with Gasteiger partial charge in [0.15, 0.2) is 0 Å². The molecule has 102 valence electrons. The molecule has 1 aliphatic rings. The molecule has 1 unspecified atom stereocenters. The Kier molecular flexibility index (Phi) is 4.80. The summed E-state index contributed by atoms with van der Waals surface area (Å²) < 4.78 is 17.1. The van der Waals surface area contributed by atoms with E-state index in [0.717, 1.165) is 12.0 Å². The van der Waals surface area contributed by atoms with Crippen molar-refractivity contribution in [3.05, 3.63) is 48.6 Å². The van der Waals surface area contributed by atoms with Crippen molar-refractivity contribution in [1.29, 1.82) is 0 Å². The maximum atomic E-state index is 5.90. The van der Waals surface area contributed by atoms with E-state index in [2.05, 4.69) is 20.4 Å². The predicted molar refractivity (Wildman–Crippen MR) is 76.5 cm³/mol.